The third-order valence-corrected chi connectivity index (χ3v) is 2.59. The van der Waals surface area contributed by atoms with Gasteiger partial charge in [0.05, 0.1) is 6.54 Å². The van der Waals surface area contributed by atoms with Crippen LogP contribution in [-0.4, -0.2) is 28.6 Å². The SMILES string of the molecule is C=CCNC1SC(C#N)=NN1CC=C. The number of thioether (sulfide) groups is 1. The summed E-state index contributed by atoms with van der Waals surface area (Å²) in [5, 5.41) is 18.3. The normalized spacial score (nSPS) is 20.1. The predicted octanol–water partition coefficient (Wildman–Crippen LogP) is 1.12. The summed E-state index contributed by atoms with van der Waals surface area (Å²) in [6.07, 6.45) is 3.53. The van der Waals surface area contributed by atoms with Crippen molar-refractivity contribution in [2.75, 3.05) is 13.1 Å². The predicted molar refractivity (Wildman–Crippen MR) is 59.5 cm³/mol. The average Bonchev–Trinajstić information content (AvgIpc) is 2.58. The molecule has 74 valence electrons. The molecule has 0 saturated heterocycles. The molecule has 4 nitrogen and oxygen atoms in total. The molecule has 0 aromatic carbocycles. The van der Waals surface area contributed by atoms with E-state index in [1.807, 2.05) is 6.07 Å². The van der Waals surface area contributed by atoms with E-state index in [0.29, 0.717) is 18.1 Å². The van der Waals surface area contributed by atoms with E-state index in [-0.39, 0.29) is 5.50 Å². The van der Waals surface area contributed by atoms with Crippen LogP contribution < -0.4 is 5.32 Å². The molecule has 1 heterocycles. The van der Waals surface area contributed by atoms with Crippen LogP contribution in [0.4, 0.5) is 0 Å². The van der Waals surface area contributed by atoms with Gasteiger partial charge in [0.25, 0.3) is 0 Å². The largest absolute Gasteiger partial charge is 0.284 e. The molecule has 0 spiro atoms. The first-order valence-corrected chi connectivity index (χ1v) is 5.07. The fourth-order valence-corrected chi connectivity index (χ4v) is 1.86. The van der Waals surface area contributed by atoms with Gasteiger partial charge >= 0.3 is 0 Å². The standard InChI is InChI=1S/C9H12N4S/c1-3-5-11-9-13(6-4-2)12-8(7-10)14-9/h3-4,9,11H,1-2,5-6H2. The van der Waals surface area contributed by atoms with Crippen LogP contribution in [0.5, 0.6) is 0 Å². The van der Waals surface area contributed by atoms with Gasteiger partial charge in [-0.05, 0) is 0 Å². The number of nitriles is 1. The van der Waals surface area contributed by atoms with Crippen LogP contribution in [0, 0.1) is 11.3 Å². The first-order chi connectivity index (χ1) is 6.81. The zero-order valence-corrected chi connectivity index (χ0v) is 8.63. The quantitative estimate of drug-likeness (QED) is 0.688. The van der Waals surface area contributed by atoms with Crippen LogP contribution in [0.2, 0.25) is 0 Å². The van der Waals surface area contributed by atoms with Gasteiger partial charge in [0, 0.05) is 6.54 Å². The van der Waals surface area contributed by atoms with Crippen LogP contribution in [0.25, 0.3) is 0 Å². The molecule has 0 aromatic heterocycles. The summed E-state index contributed by atoms with van der Waals surface area (Å²) < 4.78 is 0. The first-order valence-electron chi connectivity index (χ1n) is 4.19. The van der Waals surface area contributed by atoms with E-state index in [4.69, 9.17) is 5.26 Å². The molecule has 1 unspecified atom stereocenters. The van der Waals surface area contributed by atoms with Gasteiger partial charge in [-0.2, -0.15) is 10.4 Å². The third kappa shape index (κ3) is 2.62. The molecular weight excluding hydrogens is 196 g/mol. The zero-order chi connectivity index (χ0) is 10.4. The second kappa shape index (κ2) is 5.47. The maximum absolute atomic E-state index is 8.69. The van der Waals surface area contributed by atoms with E-state index in [1.54, 1.807) is 17.2 Å². The molecule has 1 atom stereocenters. The maximum Gasteiger partial charge on any atom is 0.197 e. The van der Waals surface area contributed by atoms with Crippen molar-refractivity contribution in [2.24, 2.45) is 5.10 Å². The molecule has 1 aliphatic heterocycles. The second-order valence-electron chi connectivity index (χ2n) is 2.59. The fraction of sp³-hybridized carbons (Fsp3) is 0.333. The van der Waals surface area contributed by atoms with Crippen LogP contribution in [0.1, 0.15) is 0 Å². The monoisotopic (exact) mass is 208 g/mol. The van der Waals surface area contributed by atoms with Crippen molar-refractivity contribution in [3.05, 3.63) is 25.3 Å². The van der Waals surface area contributed by atoms with Crippen molar-refractivity contribution >= 4 is 16.8 Å². The van der Waals surface area contributed by atoms with Crippen molar-refractivity contribution in [3.8, 4) is 6.07 Å². The van der Waals surface area contributed by atoms with Gasteiger partial charge in [-0.25, -0.2) is 0 Å². The van der Waals surface area contributed by atoms with Crippen LogP contribution in [-0.2, 0) is 0 Å². The lowest BCUT2D eigenvalue weighted by Crippen LogP contribution is -2.37. The summed E-state index contributed by atoms with van der Waals surface area (Å²) in [4.78, 5) is 0. The summed E-state index contributed by atoms with van der Waals surface area (Å²) in [5.74, 6) is 0. The topological polar surface area (TPSA) is 51.4 Å². The Morgan fingerprint density at radius 1 is 1.64 bits per heavy atom. The summed E-state index contributed by atoms with van der Waals surface area (Å²) in [6.45, 7) is 8.58. The highest BCUT2D eigenvalue weighted by atomic mass is 32.2. The van der Waals surface area contributed by atoms with Gasteiger partial charge in [-0.1, -0.05) is 23.9 Å². The van der Waals surface area contributed by atoms with Gasteiger partial charge in [-0.3, -0.25) is 10.3 Å². The van der Waals surface area contributed by atoms with Crippen molar-refractivity contribution in [2.45, 2.75) is 5.50 Å². The Hall–Kier alpha value is -1.25. The number of nitrogens with one attached hydrogen (secondary N) is 1. The number of hydrazone groups is 1. The summed E-state index contributed by atoms with van der Waals surface area (Å²) >= 11 is 1.41. The molecule has 0 saturated carbocycles. The Balaban J connectivity index is 2.56. The van der Waals surface area contributed by atoms with Gasteiger partial charge in [0.2, 0.25) is 0 Å². The minimum absolute atomic E-state index is 0.0145. The Morgan fingerprint density at radius 3 is 3.00 bits per heavy atom. The fourth-order valence-electron chi connectivity index (χ4n) is 1.01. The highest BCUT2D eigenvalue weighted by Gasteiger charge is 2.25. The maximum atomic E-state index is 8.69. The van der Waals surface area contributed by atoms with Gasteiger partial charge in [0.15, 0.2) is 10.5 Å². The van der Waals surface area contributed by atoms with E-state index in [0.717, 1.165) is 0 Å². The van der Waals surface area contributed by atoms with Gasteiger partial charge in [-0.15, -0.1) is 13.2 Å². The minimum atomic E-state index is 0.0145. The van der Waals surface area contributed by atoms with Gasteiger partial charge in [0.1, 0.15) is 6.07 Å². The van der Waals surface area contributed by atoms with E-state index >= 15 is 0 Å². The number of hydrogen-bond donors (Lipinski definition) is 1. The van der Waals surface area contributed by atoms with Crippen LogP contribution in [0.15, 0.2) is 30.4 Å². The molecule has 0 aromatic rings. The minimum Gasteiger partial charge on any atom is -0.284 e. The van der Waals surface area contributed by atoms with Crippen molar-refractivity contribution in [1.82, 2.24) is 10.3 Å². The smallest absolute Gasteiger partial charge is 0.197 e. The molecular formula is C9H12N4S. The molecule has 1 N–H and O–H groups in total. The molecule has 1 rings (SSSR count). The van der Waals surface area contributed by atoms with E-state index < -0.39 is 0 Å². The molecule has 0 amide bonds. The summed E-state index contributed by atoms with van der Waals surface area (Å²) in [5.41, 5.74) is 0.0145. The lowest BCUT2D eigenvalue weighted by Gasteiger charge is -2.21. The highest BCUT2D eigenvalue weighted by Crippen LogP contribution is 2.23. The van der Waals surface area contributed by atoms with Crippen LogP contribution >= 0.6 is 11.8 Å². The van der Waals surface area contributed by atoms with E-state index in [1.165, 1.54) is 11.8 Å². The van der Waals surface area contributed by atoms with Crippen molar-refractivity contribution in [3.63, 3.8) is 0 Å². The van der Waals surface area contributed by atoms with Crippen molar-refractivity contribution in [1.29, 1.82) is 5.26 Å². The Bertz CT molecular complexity index is 292. The molecule has 0 fully saturated rings. The number of hydrogen-bond acceptors (Lipinski definition) is 5. The van der Waals surface area contributed by atoms with E-state index in [2.05, 4.69) is 23.6 Å². The second-order valence-corrected chi connectivity index (χ2v) is 3.66. The number of rotatable bonds is 5. The Morgan fingerprint density at radius 2 is 2.43 bits per heavy atom. The Labute approximate surface area is 88.0 Å². The molecule has 1 aliphatic rings. The lowest BCUT2D eigenvalue weighted by molar-refractivity contribution is 0.278. The van der Waals surface area contributed by atoms with Gasteiger partial charge < -0.3 is 0 Å². The lowest BCUT2D eigenvalue weighted by atomic mass is 10.6. The summed E-state index contributed by atoms with van der Waals surface area (Å²) in [6, 6.07) is 2.03. The highest BCUT2D eigenvalue weighted by molar-refractivity contribution is 8.15. The van der Waals surface area contributed by atoms with Crippen LogP contribution in [0.3, 0.4) is 0 Å². The van der Waals surface area contributed by atoms with E-state index in [9.17, 15) is 0 Å². The number of nitrogens with zero attached hydrogens (tertiary/aromatic N) is 3. The Kier molecular flexibility index (Phi) is 4.23. The van der Waals surface area contributed by atoms with Crippen molar-refractivity contribution < 1.29 is 0 Å². The average molecular weight is 208 g/mol. The molecule has 5 heteroatoms. The molecule has 0 bridgehead atoms. The molecule has 14 heavy (non-hydrogen) atoms. The zero-order valence-electron chi connectivity index (χ0n) is 7.81. The third-order valence-electron chi connectivity index (χ3n) is 1.56. The first kappa shape index (κ1) is 10.8. The summed E-state index contributed by atoms with van der Waals surface area (Å²) in [7, 11) is 0. The molecule has 0 aliphatic carbocycles. The molecule has 0 radical (unpaired) electrons.